The fourth-order valence-electron chi connectivity index (χ4n) is 3.51. The lowest BCUT2D eigenvalue weighted by molar-refractivity contribution is -0.133. The summed E-state index contributed by atoms with van der Waals surface area (Å²) in [5.41, 5.74) is 2.72. The van der Waals surface area contributed by atoms with Crippen molar-refractivity contribution in [3.63, 3.8) is 0 Å². The molecule has 0 N–H and O–H groups in total. The summed E-state index contributed by atoms with van der Waals surface area (Å²) in [6.07, 6.45) is 5.33. The van der Waals surface area contributed by atoms with Crippen LogP contribution in [0, 0.1) is 0 Å². The largest absolute Gasteiger partial charge is 0.377 e. The average Bonchev–Trinajstić information content (AvgIpc) is 3.04. The van der Waals surface area contributed by atoms with Crippen LogP contribution in [0.25, 0.3) is 0 Å². The summed E-state index contributed by atoms with van der Waals surface area (Å²) in [6, 6.07) is 9.13. The Hall–Kier alpha value is -1.61. The van der Waals surface area contributed by atoms with Crippen LogP contribution in [0.4, 0.5) is 0 Å². The second kappa shape index (κ2) is 5.80. The normalized spacial score (nSPS) is 22.9. The maximum Gasteiger partial charge on any atom is 0.223 e. The second-order valence-corrected chi connectivity index (χ2v) is 5.51. The molecule has 2 heterocycles. The van der Waals surface area contributed by atoms with E-state index in [0.29, 0.717) is 31.7 Å². The lowest BCUT2D eigenvalue weighted by Crippen LogP contribution is -2.27. The van der Waals surface area contributed by atoms with Crippen LogP contribution in [0.2, 0.25) is 0 Å². The highest BCUT2D eigenvalue weighted by Gasteiger charge is 2.45. The van der Waals surface area contributed by atoms with E-state index in [1.165, 1.54) is 11.1 Å². The molecule has 20 heavy (non-hydrogen) atoms. The first kappa shape index (κ1) is 13.4. The van der Waals surface area contributed by atoms with E-state index >= 15 is 0 Å². The first-order valence-electron chi connectivity index (χ1n) is 7.41. The molecule has 2 aliphatic rings. The van der Waals surface area contributed by atoms with Crippen molar-refractivity contribution in [1.29, 1.82) is 0 Å². The number of carbonyl (C=O) groups is 1. The van der Waals surface area contributed by atoms with E-state index in [2.05, 4.69) is 35.7 Å². The molecule has 106 valence electrons. The zero-order chi connectivity index (χ0) is 13.9. The Kier molecular flexibility index (Phi) is 3.88. The number of fused-ring (bicyclic) bond motifs is 5. The van der Waals surface area contributed by atoms with Crippen LogP contribution in [0.1, 0.15) is 48.9 Å². The van der Waals surface area contributed by atoms with E-state index in [9.17, 15) is 4.79 Å². The van der Waals surface area contributed by atoms with Crippen LogP contribution in [0.5, 0.6) is 0 Å². The van der Waals surface area contributed by atoms with Crippen molar-refractivity contribution < 1.29 is 9.53 Å². The predicted octanol–water partition coefficient (Wildman–Crippen LogP) is 3.39. The molecule has 0 aromatic heterocycles. The van der Waals surface area contributed by atoms with Crippen LogP contribution in [0.3, 0.4) is 0 Å². The zero-order valence-corrected chi connectivity index (χ0v) is 11.8. The second-order valence-electron chi connectivity index (χ2n) is 5.51. The molecule has 1 aromatic rings. The first-order chi connectivity index (χ1) is 9.83. The van der Waals surface area contributed by atoms with Gasteiger partial charge in [-0.25, -0.2) is 0 Å². The SMILES string of the molecule is C=CCOCCCC(=O)N1C2CCC1c1ccccc12. The van der Waals surface area contributed by atoms with Gasteiger partial charge in [-0.05, 0) is 30.4 Å². The Morgan fingerprint density at radius 2 is 1.95 bits per heavy atom. The summed E-state index contributed by atoms with van der Waals surface area (Å²) in [5.74, 6) is 0.274. The Labute approximate surface area is 120 Å². The molecule has 1 amide bonds. The topological polar surface area (TPSA) is 29.5 Å². The van der Waals surface area contributed by atoms with Gasteiger partial charge in [-0.2, -0.15) is 0 Å². The van der Waals surface area contributed by atoms with E-state index in [-0.39, 0.29) is 5.91 Å². The molecular formula is C17H21NO2. The minimum atomic E-state index is 0.274. The minimum absolute atomic E-state index is 0.274. The summed E-state index contributed by atoms with van der Waals surface area (Å²) in [7, 11) is 0. The fourth-order valence-corrected chi connectivity index (χ4v) is 3.51. The van der Waals surface area contributed by atoms with Crippen LogP contribution >= 0.6 is 0 Å². The minimum Gasteiger partial charge on any atom is -0.377 e. The molecule has 2 atom stereocenters. The molecule has 2 unspecified atom stereocenters. The number of rotatable bonds is 6. The maximum atomic E-state index is 12.5. The van der Waals surface area contributed by atoms with Gasteiger partial charge in [0.1, 0.15) is 0 Å². The summed E-state index contributed by atoms with van der Waals surface area (Å²) in [5, 5.41) is 0. The molecule has 3 nitrogen and oxygen atoms in total. The van der Waals surface area contributed by atoms with Crippen LogP contribution in [-0.2, 0) is 9.53 Å². The predicted molar refractivity (Wildman–Crippen MR) is 78.3 cm³/mol. The van der Waals surface area contributed by atoms with E-state index < -0.39 is 0 Å². The van der Waals surface area contributed by atoms with Crippen molar-refractivity contribution in [1.82, 2.24) is 4.90 Å². The summed E-state index contributed by atoms with van der Waals surface area (Å²) < 4.78 is 5.34. The first-order valence-corrected chi connectivity index (χ1v) is 7.41. The molecule has 2 bridgehead atoms. The van der Waals surface area contributed by atoms with Crippen LogP contribution < -0.4 is 0 Å². The van der Waals surface area contributed by atoms with E-state index in [0.717, 1.165) is 19.3 Å². The van der Waals surface area contributed by atoms with E-state index in [4.69, 9.17) is 4.74 Å². The molecule has 0 aliphatic carbocycles. The third kappa shape index (κ3) is 2.27. The number of carbonyl (C=O) groups excluding carboxylic acids is 1. The Morgan fingerprint density at radius 1 is 1.30 bits per heavy atom. The van der Waals surface area contributed by atoms with Gasteiger partial charge >= 0.3 is 0 Å². The van der Waals surface area contributed by atoms with Gasteiger partial charge in [-0.3, -0.25) is 4.79 Å². The van der Waals surface area contributed by atoms with E-state index in [1.807, 2.05) is 0 Å². The van der Waals surface area contributed by atoms with Crippen molar-refractivity contribution in [2.75, 3.05) is 13.2 Å². The molecule has 0 spiro atoms. The number of hydrogen-bond acceptors (Lipinski definition) is 2. The van der Waals surface area contributed by atoms with Crippen molar-refractivity contribution in [3.8, 4) is 0 Å². The quantitative estimate of drug-likeness (QED) is 0.586. The molecular weight excluding hydrogens is 250 g/mol. The molecule has 3 heteroatoms. The number of amides is 1. The molecule has 2 aliphatic heterocycles. The molecule has 0 saturated carbocycles. The number of hydrogen-bond donors (Lipinski definition) is 0. The van der Waals surface area contributed by atoms with Crippen molar-refractivity contribution >= 4 is 5.91 Å². The lowest BCUT2D eigenvalue weighted by atomic mass is 9.92. The van der Waals surface area contributed by atoms with Crippen molar-refractivity contribution in [2.45, 2.75) is 37.8 Å². The third-order valence-corrected chi connectivity index (χ3v) is 4.30. The Balaban J connectivity index is 1.59. The number of ether oxygens (including phenoxy) is 1. The Bertz CT molecular complexity index is 480. The number of nitrogens with zero attached hydrogens (tertiary/aromatic N) is 1. The van der Waals surface area contributed by atoms with Gasteiger partial charge in [0, 0.05) is 13.0 Å². The highest BCUT2D eigenvalue weighted by Crippen LogP contribution is 2.53. The van der Waals surface area contributed by atoms with Gasteiger partial charge < -0.3 is 9.64 Å². The lowest BCUT2D eigenvalue weighted by Gasteiger charge is -2.22. The van der Waals surface area contributed by atoms with Crippen molar-refractivity contribution in [3.05, 3.63) is 48.0 Å². The van der Waals surface area contributed by atoms with Gasteiger partial charge in [0.25, 0.3) is 0 Å². The molecule has 1 fully saturated rings. The van der Waals surface area contributed by atoms with Gasteiger partial charge in [0.2, 0.25) is 5.91 Å². The molecule has 0 radical (unpaired) electrons. The standard InChI is InChI=1S/C17H21NO2/c1-2-11-20-12-5-8-17(19)18-15-9-10-16(18)14-7-4-3-6-13(14)15/h2-4,6-7,15-16H,1,5,8-12H2. The van der Waals surface area contributed by atoms with Gasteiger partial charge in [0.15, 0.2) is 0 Å². The van der Waals surface area contributed by atoms with E-state index in [1.54, 1.807) is 6.08 Å². The highest BCUT2D eigenvalue weighted by molar-refractivity contribution is 5.79. The summed E-state index contributed by atoms with van der Waals surface area (Å²) >= 11 is 0. The smallest absolute Gasteiger partial charge is 0.223 e. The van der Waals surface area contributed by atoms with Crippen LogP contribution in [-0.4, -0.2) is 24.0 Å². The summed E-state index contributed by atoms with van der Waals surface area (Å²) in [6.45, 7) is 4.80. The maximum absolute atomic E-state index is 12.5. The van der Waals surface area contributed by atoms with Gasteiger partial charge in [-0.15, -0.1) is 6.58 Å². The molecule has 3 rings (SSSR count). The molecule has 1 aromatic carbocycles. The fraction of sp³-hybridized carbons (Fsp3) is 0.471. The zero-order valence-electron chi connectivity index (χ0n) is 11.8. The van der Waals surface area contributed by atoms with Crippen LogP contribution in [0.15, 0.2) is 36.9 Å². The average molecular weight is 271 g/mol. The monoisotopic (exact) mass is 271 g/mol. The highest BCUT2D eigenvalue weighted by atomic mass is 16.5. The van der Waals surface area contributed by atoms with Crippen molar-refractivity contribution in [2.24, 2.45) is 0 Å². The number of benzene rings is 1. The molecule has 1 saturated heterocycles. The third-order valence-electron chi connectivity index (χ3n) is 4.30. The Morgan fingerprint density at radius 3 is 2.55 bits per heavy atom. The van der Waals surface area contributed by atoms with Gasteiger partial charge in [0.05, 0.1) is 18.7 Å². The summed E-state index contributed by atoms with van der Waals surface area (Å²) in [4.78, 5) is 14.6. The van der Waals surface area contributed by atoms with Gasteiger partial charge in [-0.1, -0.05) is 30.3 Å².